The Labute approximate surface area is 173 Å². The van der Waals surface area contributed by atoms with E-state index >= 15 is 0 Å². The molecule has 1 aromatic carbocycles. The lowest BCUT2D eigenvalue weighted by atomic mass is 9.92. The van der Waals surface area contributed by atoms with Gasteiger partial charge in [0.25, 0.3) is 0 Å². The zero-order valence-corrected chi connectivity index (χ0v) is 17.4. The van der Waals surface area contributed by atoms with Crippen LogP contribution in [0, 0.1) is 12.8 Å². The average molecular weight is 422 g/mol. The van der Waals surface area contributed by atoms with E-state index in [1.54, 1.807) is 10.7 Å². The fourth-order valence-electron chi connectivity index (χ4n) is 3.34. The number of likely N-dealkylation sites (tertiary alicyclic amines) is 1. The Balaban J connectivity index is 1.84. The van der Waals surface area contributed by atoms with Gasteiger partial charge in [-0.25, -0.2) is 4.68 Å². The zero-order chi connectivity index (χ0) is 22.3. The molecule has 1 aromatic heterocycles. The minimum Gasteiger partial charge on any atom is -0.333 e. The van der Waals surface area contributed by atoms with Crippen LogP contribution in [0.25, 0.3) is 5.69 Å². The fraction of sp³-hybridized carbons (Fsp3) is 0.476. The summed E-state index contributed by atoms with van der Waals surface area (Å²) in [5.41, 5.74) is 2.24. The lowest BCUT2D eigenvalue weighted by Crippen LogP contribution is -2.36. The summed E-state index contributed by atoms with van der Waals surface area (Å²) in [5, 5.41) is 7.39. The Kier molecular flexibility index (Phi) is 5.66. The summed E-state index contributed by atoms with van der Waals surface area (Å²) in [4.78, 5) is 25.4. The molecular formula is C21H25F3N4O2. The number of nitrogens with one attached hydrogen (secondary N) is 1. The van der Waals surface area contributed by atoms with E-state index < -0.39 is 30.5 Å². The molecule has 1 atom stereocenters. The number of amides is 2. The number of hydrogen-bond acceptors (Lipinski definition) is 3. The summed E-state index contributed by atoms with van der Waals surface area (Å²) in [6.07, 6.45) is -4.74. The molecule has 1 aliphatic rings. The maximum atomic E-state index is 12.8. The van der Waals surface area contributed by atoms with Crippen molar-refractivity contribution in [3.05, 3.63) is 41.6 Å². The summed E-state index contributed by atoms with van der Waals surface area (Å²) in [5.74, 6) is -1.60. The van der Waals surface area contributed by atoms with Crippen molar-refractivity contribution in [2.45, 2.75) is 45.7 Å². The molecule has 1 N–H and O–H groups in total. The van der Waals surface area contributed by atoms with Crippen LogP contribution in [0.5, 0.6) is 0 Å². The van der Waals surface area contributed by atoms with Crippen molar-refractivity contribution in [3.8, 4) is 5.69 Å². The molecule has 162 valence electrons. The second kappa shape index (κ2) is 7.77. The molecule has 2 aromatic rings. The number of halogens is 3. The zero-order valence-electron chi connectivity index (χ0n) is 17.4. The second-order valence-corrected chi connectivity index (χ2v) is 8.70. The topological polar surface area (TPSA) is 67.2 Å². The molecule has 0 saturated carbocycles. The van der Waals surface area contributed by atoms with E-state index in [9.17, 15) is 22.8 Å². The third-order valence-corrected chi connectivity index (χ3v) is 4.93. The Morgan fingerprint density at radius 1 is 1.23 bits per heavy atom. The van der Waals surface area contributed by atoms with Crippen molar-refractivity contribution in [1.29, 1.82) is 0 Å². The molecule has 1 fully saturated rings. The molecule has 1 saturated heterocycles. The molecule has 0 radical (unpaired) electrons. The highest BCUT2D eigenvalue weighted by atomic mass is 19.4. The van der Waals surface area contributed by atoms with E-state index in [0.717, 1.165) is 16.9 Å². The molecule has 2 amide bonds. The normalized spacial score (nSPS) is 17.5. The standard InChI is InChI=1S/C21H25F3N4O2/c1-13-6-5-7-15(8-13)28-17(10-16(26-28)20(2,3)4)25-19(30)14-9-18(29)27(11-14)12-21(22,23)24/h5-8,10,14H,9,11-12H2,1-4H3,(H,25,30). The van der Waals surface area contributed by atoms with Crippen LogP contribution in [0.3, 0.4) is 0 Å². The number of anilines is 1. The molecule has 1 aliphatic heterocycles. The number of aromatic nitrogens is 2. The molecule has 0 bridgehead atoms. The molecule has 0 spiro atoms. The lowest BCUT2D eigenvalue weighted by Gasteiger charge is -2.18. The third-order valence-electron chi connectivity index (χ3n) is 4.93. The van der Waals surface area contributed by atoms with Gasteiger partial charge >= 0.3 is 6.18 Å². The third kappa shape index (κ3) is 5.01. The van der Waals surface area contributed by atoms with Crippen LogP contribution in [0.15, 0.2) is 30.3 Å². The largest absolute Gasteiger partial charge is 0.406 e. The van der Waals surface area contributed by atoms with Gasteiger partial charge < -0.3 is 10.2 Å². The van der Waals surface area contributed by atoms with E-state index in [1.165, 1.54) is 0 Å². The highest BCUT2D eigenvalue weighted by molar-refractivity contribution is 5.97. The van der Waals surface area contributed by atoms with Crippen molar-refractivity contribution < 1.29 is 22.8 Å². The van der Waals surface area contributed by atoms with Gasteiger partial charge in [0.05, 0.1) is 17.3 Å². The number of aryl methyl sites for hydroxylation is 1. The molecule has 0 aliphatic carbocycles. The predicted octanol–water partition coefficient (Wildman–Crippen LogP) is 3.83. The molecule has 30 heavy (non-hydrogen) atoms. The molecule has 3 rings (SSSR count). The van der Waals surface area contributed by atoms with Gasteiger partial charge in [0, 0.05) is 24.4 Å². The maximum Gasteiger partial charge on any atom is 0.406 e. The number of rotatable bonds is 4. The van der Waals surface area contributed by atoms with Crippen molar-refractivity contribution in [1.82, 2.24) is 14.7 Å². The van der Waals surface area contributed by atoms with Crippen molar-refractivity contribution in [3.63, 3.8) is 0 Å². The van der Waals surface area contributed by atoms with Crippen LogP contribution in [-0.4, -0.2) is 45.8 Å². The Hall–Kier alpha value is -2.84. The first-order chi connectivity index (χ1) is 13.8. The number of nitrogens with zero attached hydrogens (tertiary/aromatic N) is 3. The molecule has 9 heteroatoms. The van der Waals surface area contributed by atoms with E-state index in [-0.39, 0.29) is 18.4 Å². The lowest BCUT2D eigenvalue weighted by molar-refractivity contribution is -0.157. The van der Waals surface area contributed by atoms with Gasteiger partial charge in [-0.2, -0.15) is 18.3 Å². The summed E-state index contributed by atoms with van der Waals surface area (Å²) < 4.78 is 39.5. The van der Waals surface area contributed by atoms with E-state index in [2.05, 4.69) is 10.4 Å². The van der Waals surface area contributed by atoms with E-state index in [4.69, 9.17) is 0 Å². The highest BCUT2D eigenvalue weighted by Gasteiger charge is 2.40. The Bertz CT molecular complexity index is 960. The van der Waals surface area contributed by atoms with Gasteiger partial charge in [-0.15, -0.1) is 0 Å². The van der Waals surface area contributed by atoms with Crippen LogP contribution >= 0.6 is 0 Å². The first-order valence-electron chi connectivity index (χ1n) is 9.66. The van der Waals surface area contributed by atoms with Gasteiger partial charge in [0.1, 0.15) is 12.4 Å². The quantitative estimate of drug-likeness (QED) is 0.815. The SMILES string of the molecule is Cc1cccc(-n2nc(C(C)(C)C)cc2NC(=O)C2CC(=O)N(CC(F)(F)F)C2)c1. The number of carbonyl (C=O) groups excluding carboxylic acids is 2. The van der Waals surface area contributed by atoms with Crippen LogP contribution in [0.1, 0.15) is 38.4 Å². The summed E-state index contributed by atoms with van der Waals surface area (Å²) in [7, 11) is 0. The monoisotopic (exact) mass is 422 g/mol. The molecule has 6 nitrogen and oxygen atoms in total. The van der Waals surface area contributed by atoms with Gasteiger partial charge in [0.15, 0.2) is 0 Å². The van der Waals surface area contributed by atoms with Crippen LogP contribution in [0.4, 0.5) is 19.0 Å². The first-order valence-corrected chi connectivity index (χ1v) is 9.66. The van der Waals surface area contributed by atoms with Crippen molar-refractivity contribution in [2.24, 2.45) is 5.92 Å². The van der Waals surface area contributed by atoms with Crippen molar-refractivity contribution >= 4 is 17.6 Å². The predicted molar refractivity (Wildman–Crippen MR) is 106 cm³/mol. The fourth-order valence-corrected chi connectivity index (χ4v) is 3.34. The van der Waals surface area contributed by atoms with E-state index in [1.807, 2.05) is 52.0 Å². The van der Waals surface area contributed by atoms with Crippen LogP contribution in [0.2, 0.25) is 0 Å². The second-order valence-electron chi connectivity index (χ2n) is 8.70. The van der Waals surface area contributed by atoms with Gasteiger partial charge in [-0.1, -0.05) is 32.9 Å². The average Bonchev–Trinajstić information content (AvgIpc) is 3.18. The molecule has 2 heterocycles. The molecular weight excluding hydrogens is 397 g/mol. The van der Waals surface area contributed by atoms with Gasteiger partial charge in [0.2, 0.25) is 11.8 Å². The smallest absolute Gasteiger partial charge is 0.333 e. The Morgan fingerprint density at radius 2 is 1.93 bits per heavy atom. The number of hydrogen-bond donors (Lipinski definition) is 1. The van der Waals surface area contributed by atoms with Crippen molar-refractivity contribution in [2.75, 3.05) is 18.4 Å². The summed E-state index contributed by atoms with van der Waals surface area (Å²) >= 11 is 0. The summed E-state index contributed by atoms with van der Waals surface area (Å²) in [6, 6.07) is 9.34. The number of benzene rings is 1. The minimum atomic E-state index is -4.49. The molecule has 1 unspecified atom stereocenters. The number of carbonyl (C=O) groups is 2. The van der Waals surface area contributed by atoms with Crippen LogP contribution in [-0.2, 0) is 15.0 Å². The van der Waals surface area contributed by atoms with Crippen LogP contribution < -0.4 is 5.32 Å². The maximum absolute atomic E-state index is 12.8. The van der Waals surface area contributed by atoms with E-state index in [0.29, 0.717) is 10.7 Å². The first kappa shape index (κ1) is 21.9. The van der Waals surface area contributed by atoms with Gasteiger partial charge in [-0.05, 0) is 24.6 Å². The summed E-state index contributed by atoms with van der Waals surface area (Å²) in [6.45, 7) is 6.32. The van der Waals surface area contributed by atoms with Gasteiger partial charge in [-0.3, -0.25) is 9.59 Å². The Morgan fingerprint density at radius 3 is 2.53 bits per heavy atom. The highest BCUT2D eigenvalue weighted by Crippen LogP contribution is 2.28. The number of alkyl halides is 3. The minimum absolute atomic E-state index is 0.243.